The molecular weight excluding hydrogens is 937 g/mol. The monoisotopic (exact) mass is 980 g/mol. The van der Waals surface area contributed by atoms with Gasteiger partial charge in [0.1, 0.15) is 11.2 Å². The van der Waals surface area contributed by atoms with Crippen LogP contribution in [0.15, 0.2) is 259 Å². The molecule has 0 fully saturated rings. The average Bonchev–Trinajstić information content (AvgIpc) is 4.23. The summed E-state index contributed by atoms with van der Waals surface area (Å²) in [7, 11) is 0. The van der Waals surface area contributed by atoms with Gasteiger partial charge in [0.25, 0.3) is 0 Å². The van der Waals surface area contributed by atoms with Gasteiger partial charge in [-0.25, -0.2) is 15.0 Å². The highest BCUT2D eigenvalue weighted by Gasteiger charge is 2.27. The van der Waals surface area contributed by atoms with Gasteiger partial charge in [-0.2, -0.15) is 0 Å². The first kappa shape index (κ1) is 43.2. The fourth-order valence-electron chi connectivity index (χ4n) is 12.3. The Kier molecular flexibility index (Phi) is 9.63. The number of hydrogen-bond donors (Lipinski definition) is 0. The van der Waals surface area contributed by atoms with Crippen molar-refractivity contribution in [1.29, 1.82) is 0 Å². The number of nitrogens with zero attached hydrogens (tertiary/aromatic N) is 4. The van der Waals surface area contributed by atoms with Gasteiger partial charge in [0.05, 0.1) is 22.1 Å². The molecule has 3 heterocycles. The first-order valence-electron chi connectivity index (χ1n) is 26.3. The third-order valence-corrected chi connectivity index (χ3v) is 15.8. The molecule has 77 heavy (non-hydrogen) atoms. The lowest BCUT2D eigenvalue weighted by molar-refractivity contribution is 0.672. The predicted molar refractivity (Wildman–Crippen MR) is 320 cm³/mol. The maximum Gasteiger partial charge on any atom is 0.166 e. The van der Waals surface area contributed by atoms with Crippen LogP contribution in [0.5, 0.6) is 0 Å². The van der Waals surface area contributed by atoms with Crippen molar-refractivity contribution in [3.63, 3.8) is 0 Å². The number of aromatic nitrogens is 4. The Balaban J connectivity index is 1.05. The highest BCUT2D eigenvalue weighted by atomic mass is 16.3. The zero-order valence-corrected chi connectivity index (χ0v) is 41.7. The molecular formula is C72H44N4O. The average molecular weight is 981 g/mol. The summed E-state index contributed by atoms with van der Waals surface area (Å²) in [5, 5.41) is 15.9. The van der Waals surface area contributed by atoms with E-state index in [1.165, 1.54) is 48.8 Å². The van der Waals surface area contributed by atoms with Gasteiger partial charge in [0.2, 0.25) is 0 Å². The Bertz CT molecular complexity index is 5070. The molecule has 0 saturated carbocycles. The maximum atomic E-state index is 7.08. The number of rotatable bonds is 7. The molecule has 0 unspecified atom stereocenters. The second-order valence-electron chi connectivity index (χ2n) is 20.2. The minimum absolute atomic E-state index is 0.557. The Labute approximate surface area is 442 Å². The quantitative estimate of drug-likeness (QED) is 0.149. The van der Waals surface area contributed by atoms with Crippen molar-refractivity contribution in [2.24, 2.45) is 0 Å². The van der Waals surface area contributed by atoms with E-state index in [-0.39, 0.29) is 0 Å². The minimum Gasteiger partial charge on any atom is -0.455 e. The third kappa shape index (κ3) is 6.91. The summed E-state index contributed by atoms with van der Waals surface area (Å²) in [6.45, 7) is 0. The van der Waals surface area contributed by atoms with Gasteiger partial charge in [-0.1, -0.05) is 212 Å². The molecule has 3 aromatic heterocycles. The van der Waals surface area contributed by atoms with E-state index in [4.69, 9.17) is 19.4 Å². The summed E-state index contributed by atoms with van der Waals surface area (Å²) in [5.41, 5.74) is 12.1. The smallest absolute Gasteiger partial charge is 0.166 e. The molecule has 0 atom stereocenters. The highest BCUT2D eigenvalue weighted by Crippen LogP contribution is 2.47. The largest absolute Gasteiger partial charge is 0.455 e. The molecule has 0 radical (unpaired) electrons. The molecule has 0 spiro atoms. The zero-order chi connectivity index (χ0) is 50.6. The maximum absolute atomic E-state index is 7.08. The molecule has 5 heteroatoms. The molecule has 0 aliphatic rings. The van der Waals surface area contributed by atoms with Crippen molar-refractivity contribution in [2.75, 3.05) is 0 Å². The molecule has 0 amide bonds. The van der Waals surface area contributed by atoms with Crippen molar-refractivity contribution in [3.05, 3.63) is 266 Å². The molecule has 13 aromatic carbocycles. The minimum atomic E-state index is 0.557. The lowest BCUT2D eigenvalue weighted by atomic mass is 9.90. The molecule has 358 valence electrons. The van der Waals surface area contributed by atoms with Crippen LogP contribution in [-0.4, -0.2) is 19.5 Å². The summed E-state index contributed by atoms with van der Waals surface area (Å²) >= 11 is 0. The predicted octanol–water partition coefficient (Wildman–Crippen LogP) is 18.9. The second kappa shape index (κ2) is 17.2. The molecule has 0 aliphatic heterocycles. The van der Waals surface area contributed by atoms with Crippen LogP contribution in [0.1, 0.15) is 11.1 Å². The molecule has 0 aliphatic carbocycles. The Morgan fingerprint density at radius 1 is 0.325 bits per heavy atom. The van der Waals surface area contributed by atoms with E-state index in [2.05, 4.69) is 259 Å². The Morgan fingerprint density at radius 3 is 1.75 bits per heavy atom. The van der Waals surface area contributed by atoms with Crippen molar-refractivity contribution in [1.82, 2.24) is 19.5 Å². The van der Waals surface area contributed by atoms with Crippen LogP contribution in [0, 0.1) is 0 Å². The second-order valence-corrected chi connectivity index (χ2v) is 20.2. The fourth-order valence-corrected chi connectivity index (χ4v) is 12.3. The SMILES string of the molecule is c1ccc(Cc2cc3ccccc3c3cccc(-c4nc(-c5cccc(-c6ccccc6)c5)nc(-c5ccc6oc7c8ccccc8ccc7c6c5-n5c6cc7ccccc7cc6c6c7ccccc7ccc65)n4)c23)cc1. The van der Waals surface area contributed by atoms with E-state index in [9.17, 15) is 0 Å². The van der Waals surface area contributed by atoms with Gasteiger partial charge in [-0.05, 0) is 120 Å². The van der Waals surface area contributed by atoms with Crippen molar-refractivity contribution < 1.29 is 4.42 Å². The lowest BCUT2D eigenvalue weighted by Crippen LogP contribution is -2.05. The lowest BCUT2D eigenvalue weighted by Gasteiger charge is -2.18. The number of fused-ring (bicyclic) bond motifs is 14. The fraction of sp³-hybridized carbons (Fsp3) is 0.0139. The summed E-state index contributed by atoms with van der Waals surface area (Å²) < 4.78 is 9.54. The van der Waals surface area contributed by atoms with Crippen molar-refractivity contribution in [2.45, 2.75) is 6.42 Å². The van der Waals surface area contributed by atoms with E-state index >= 15 is 0 Å². The van der Waals surface area contributed by atoms with Crippen molar-refractivity contribution >= 4 is 97.6 Å². The van der Waals surface area contributed by atoms with Gasteiger partial charge in [0.15, 0.2) is 17.5 Å². The number of benzene rings is 13. The van der Waals surface area contributed by atoms with Crippen LogP contribution in [0.3, 0.4) is 0 Å². The van der Waals surface area contributed by atoms with E-state index in [1.807, 2.05) is 0 Å². The van der Waals surface area contributed by atoms with Crippen LogP contribution in [0.25, 0.3) is 149 Å². The molecule has 5 nitrogen and oxygen atoms in total. The van der Waals surface area contributed by atoms with E-state index < -0.39 is 0 Å². The summed E-state index contributed by atoms with van der Waals surface area (Å²) in [5.74, 6) is 1.73. The van der Waals surface area contributed by atoms with Gasteiger partial charge in [-0.15, -0.1) is 0 Å². The Hall–Kier alpha value is -10.2. The first-order valence-corrected chi connectivity index (χ1v) is 26.3. The third-order valence-electron chi connectivity index (χ3n) is 15.8. The van der Waals surface area contributed by atoms with Crippen molar-refractivity contribution in [3.8, 4) is 51.0 Å². The molecule has 16 aromatic rings. The van der Waals surface area contributed by atoms with Gasteiger partial charge >= 0.3 is 0 Å². The van der Waals surface area contributed by atoms with Gasteiger partial charge < -0.3 is 8.98 Å². The summed E-state index contributed by atoms with van der Waals surface area (Å²) in [6.07, 6.45) is 0.739. The molecule has 0 N–H and O–H groups in total. The standard InChI is InChI=1S/C72H44N4O/c1-3-17-44(18-4-1)39-53-41-51-25-11-12-28-54(51)57-31-16-32-59(65(53)57)71-73-70(52-27-15-26-48(40-52)45-19-5-2-6-20-45)74-72(75-71)60-36-38-64-67(58-35-33-47-22-10-14-30-56(47)69(58)77-64)68(60)76-62-37-34-46-21-9-13-29-55(46)66(62)61-42-49-23-7-8-24-50(49)43-63(61)76/h1-38,40-43H,39H2. The van der Waals surface area contributed by atoms with Crippen LogP contribution in [0.2, 0.25) is 0 Å². The number of furan rings is 1. The number of hydrogen-bond acceptors (Lipinski definition) is 4. The first-order chi connectivity index (χ1) is 38.2. The van der Waals surface area contributed by atoms with Crippen LogP contribution in [0.4, 0.5) is 0 Å². The zero-order valence-electron chi connectivity index (χ0n) is 41.7. The highest BCUT2D eigenvalue weighted by molar-refractivity contribution is 6.26. The van der Waals surface area contributed by atoms with Crippen LogP contribution in [-0.2, 0) is 6.42 Å². The topological polar surface area (TPSA) is 56.7 Å². The molecule has 16 rings (SSSR count). The van der Waals surface area contributed by atoms with E-state index in [0.717, 1.165) is 99.8 Å². The Morgan fingerprint density at radius 2 is 0.935 bits per heavy atom. The normalized spacial score (nSPS) is 11.9. The van der Waals surface area contributed by atoms with Gasteiger partial charge in [-0.3, -0.25) is 0 Å². The summed E-state index contributed by atoms with van der Waals surface area (Å²) in [6, 6.07) is 91.4. The van der Waals surface area contributed by atoms with Crippen LogP contribution >= 0.6 is 0 Å². The molecule has 0 bridgehead atoms. The van der Waals surface area contributed by atoms with E-state index in [0.29, 0.717) is 17.5 Å². The van der Waals surface area contributed by atoms with E-state index in [1.54, 1.807) is 0 Å². The van der Waals surface area contributed by atoms with Gasteiger partial charge in [0, 0.05) is 38.2 Å². The summed E-state index contributed by atoms with van der Waals surface area (Å²) in [4.78, 5) is 16.9. The van der Waals surface area contributed by atoms with Crippen LogP contribution < -0.4 is 0 Å². The molecule has 0 saturated heterocycles.